The number of hydrogen-bond donors (Lipinski definition) is 1. The van der Waals surface area contributed by atoms with Crippen LogP contribution in [0.25, 0.3) is 0 Å². The Hall–Kier alpha value is -1.14. The number of ether oxygens (including phenoxy) is 1. The fourth-order valence-corrected chi connectivity index (χ4v) is 2.86. The van der Waals surface area contributed by atoms with Crippen LogP contribution in [0.5, 0.6) is 0 Å². The van der Waals surface area contributed by atoms with Gasteiger partial charge in [-0.1, -0.05) is 25.2 Å². The van der Waals surface area contributed by atoms with Gasteiger partial charge in [0.25, 0.3) is 0 Å². The molecule has 19 heavy (non-hydrogen) atoms. The molecule has 0 aliphatic carbocycles. The molecule has 1 N–H and O–H groups in total. The predicted molar refractivity (Wildman–Crippen MR) is 79.1 cm³/mol. The molecule has 0 amide bonds. The number of hydrogen-bond acceptors (Lipinski definition) is 6. The molecule has 5 nitrogen and oxygen atoms in total. The highest BCUT2D eigenvalue weighted by Gasteiger charge is 2.17. The molecule has 1 atom stereocenters. The van der Waals surface area contributed by atoms with Crippen LogP contribution in [-0.2, 0) is 4.74 Å². The molecule has 1 heterocycles. The molecular weight excluding hydrogens is 262 g/mol. The molecule has 1 unspecified atom stereocenters. The van der Waals surface area contributed by atoms with E-state index >= 15 is 0 Å². The number of thiazole rings is 1. The first-order valence-electron chi connectivity index (χ1n) is 6.56. The number of likely N-dealkylation sites (N-methyl/N-ethyl adjacent to an activating group) is 1. The van der Waals surface area contributed by atoms with Crippen LogP contribution in [0.2, 0.25) is 0 Å². The number of anilines is 1. The number of carbonyl (C=O) groups excluding carboxylic acids is 1. The molecule has 1 rings (SSSR count). The second-order valence-corrected chi connectivity index (χ2v) is 5.46. The maximum Gasteiger partial charge on any atom is 0.350 e. The summed E-state index contributed by atoms with van der Waals surface area (Å²) in [6.07, 6.45) is 0. The number of nitrogens with zero attached hydrogens (tertiary/aromatic N) is 2. The van der Waals surface area contributed by atoms with Crippen LogP contribution in [0, 0.1) is 6.92 Å². The summed E-state index contributed by atoms with van der Waals surface area (Å²) in [6.45, 7) is 11.3. The van der Waals surface area contributed by atoms with Gasteiger partial charge in [-0.2, -0.15) is 0 Å². The van der Waals surface area contributed by atoms with Crippen molar-refractivity contribution in [2.45, 2.75) is 33.7 Å². The second-order valence-electron chi connectivity index (χ2n) is 4.46. The van der Waals surface area contributed by atoms with E-state index in [2.05, 4.69) is 36.0 Å². The van der Waals surface area contributed by atoms with E-state index in [1.54, 1.807) is 0 Å². The third-order valence-corrected chi connectivity index (χ3v) is 4.03. The van der Waals surface area contributed by atoms with Crippen molar-refractivity contribution in [3.63, 3.8) is 0 Å². The minimum Gasteiger partial charge on any atom is -0.465 e. The number of aromatic nitrogens is 1. The Labute approximate surface area is 119 Å². The fourth-order valence-electron chi connectivity index (χ4n) is 1.87. The van der Waals surface area contributed by atoms with Crippen LogP contribution < -0.4 is 5.32 Å². The summed E-state index contributed by atoms with van der Waals surface area (Å²) in [5, 5.41) is 4.11. The minimum atomic E-state index is -0.320. The van der Waals surface area contributed by atoms with E-state index in [0.717, 1.165) is 30.5 Å². The number of esters is 1. The van der Waals surface area contributed by atoms with Gasteiger partial charge in [0, 0.05) is 12.6 Å². The first kappa shape index (κ1) is 15.9. The topological polar surface area (TPSA) is 54.5 Å². The zero-order chi connectivity index (χ0) is 14.4. The number of aryl methyl sites for hydroxylation is 1. The Morgan fingerprint density at radius 2 is 2.11 bits per heavy atom. The summed E-state index contributed by atoms with van der Waals surface area (Å²) in [5.41, 5.74) is 0.717. The molecule has 1 aromatic heterocycles. The highest BCUT2D eigenvalue weighted by molar-refractivity contribution is 7.17. The lowest BCUT2D eigenvalue weighted by molar-refractivity contribution is 0.0605. The van der Waals surface area contributed by atoms with Gasteiger partial charge >= 0.3 is 5.97 Å². The Morgan fingerprint density at radius 3 is 2.63 bits per heavy atom. The number of nitrogens with one attached hydrogen (secondary N) is 1. The molecule has 0 spiro atoms. The van der Waals surface area contributed by atoms with Crippen molar-refractivity contribution >= 4 is 22.4 Å². The van der Waals surface area contributed by atoms with Gasteiger partial charge in [0.05, 0.1) is 12.8 Å². The molecule has 0 aliphatic heterocycles. The molecule has 0 aliphatic rings. The zero-order valence-corrected chi connectivity index (χ0v) is 13.1. The van der Waals surface area contributed by atoms with Crippen LogP contribution in [0.3, 0.4) is 0 Å². The Balaban J connectivity index is 2.64. The van der Waals surface area contributed by atoms with Crippen molar-refractivity contribution in [1.29, 1.82) is 0 Å². The van der Waals surface area contributed by atoms with Crippen molar-refractivity contribution in [2.75, 3.05) is 32.1 Å². The summed E-state index contributed by atoms with van der Waals surface area (Å²) >= 11 is 1.35. The largest absolute Gasteiger partial charge is 0.465 e. The van der Waals surface area contributed by atoms with Gasteiger partial charge < -0.3 is 15.0 Å². The molecule has 6 heteroatoms. The monoisotopic (exact) mass is 285 g/mol. The van der Waals surface area contributed by atoms with Crippen molar-refractivity contribution < 1.29 is 9.53 Å². The van der Waals surface area contributed by atoms with E-state index in [4.69, 9.17) is 4.74 Å². The number of carbonyl (C=O) groups is 1. The average molecular weight is 285 g/mol. The summed E-state index contributed by atoms with van der Waals surface area (Å²) in [5.74, 6) is -0.320. The minimum absolute atomic E-state index is 0.288. The third-order valence-electron chi connectivity index (χ3n) is 2.96. The van der Waals surface area contributed by atoms with Crippen LogP contribution in [-0.4, -0.2) is 48.6 Å². The van der Waals surface area contributed by atoms with Gasteiger partial charge in [-0.3, -0.25) is 0 Å². The standard InChI is InChI=1S/C13H23N3O2S/c1-6-16(7-2)8-9(3)14-13-15-10(4)11(19-13)12(17)18-5/h9H,6-8H2,1-5H3,(H,14,15). The van der Waals surface area contributed by atoms with Crippen LogP contribution in [0.4, 0.5) is 5.13 Å². The van der Waals surface area contributed by atoms with Crippen LogP contribution in [0.15, 0.2) is 0 Å². The highest BCUT2D eigenvalue weighted by atomic mass is 32.1. The number of methoxy groups -OCH3 is 1. The maximum atomic E-state index is 11.5. The zero-order valence-electron chi connectivity index (χ0n) is 12.3. The SMILES string of the molecule is CCN(CC)CC(C)Nc1nc(C)c(C(=O)OC)s1. The van der Waals surface area contributed by atoms with Crippen LogP contribution in [0.1, 0.15) is 36.1 Å². The van der Waals surface area contributed by atoms with Crippen molar-refractivity contribution in [3.8, 4) is 0 Å². The summed E-state index contributed by atoms with van der Waals surface area (Å²) in [4.78, 5) is 18.8. The molecule has 0 bridgehead atoms. The lowest BCUT2D eigenvalue weighted by Gasteiger charge is -2.23. The van der Waals surface area contributed by atoms with Gasteiger partial charge in [-0.15, -0.1) is 0 Å². The molecule has 0 saturated carbocycles. The van der Waals surface area contributed by atoms with Crippen molar-refractivity contribution in [3.05, 3.63) is 10.6 Å². The van der Waals surface area contributed by atoms with E-state index in [-0.39, 0.29) is 12.0 Å². The first-order valence-corrected chi connectivity index (χ1v) is 7.38. The number of rotatable bonds is 7. The highest BCUT2D eigenvalue weighted by Crippen LogP contribution is 2.23. The van der Waals surface area contributed by atoms with E-state index in [9.17, 15) is 4.79 Å². The maximum absolute atomic E-state index is 11.5. The lowest BCUT2D eigenvalue weighted by Crippen LogP contribution is -2.34. The van der Waals surface area contributed by atoms with Gasteiger partial charge in [0.1, 0.15) is 4.88 Å². The van der Waals surface area contributed by atoms with Crippen molar-refractivity contribution in [1.82, 2.24) is 9.88 Å². The summed E-state index contributed by atoms with van der Waals surface area (Å²) in [6, 6.07) is 0.288. The van der Waals surface area contributed by atoms with E-state index in [0.29, 0.717) is 4.88 Å². The van der Waals surface area contributed by atoms with Gasteiger partial charge in [0.15, 0.2) is 5.13 Å². The molecule has 0 radical (unpaired) electrons. The molecule has 1 aromatic rings. The quantitative estimate of drug-likeness (QED) is 0.780. The first-order chi connectivity index (χ1) is 9.01. The van der Waals surface area contributed by atoms with Gasteiger partial charge in [-0.05, 0) is 26.9 Å². The smallest absolute Gasteiger partial charge is 0.350 e. The molecule has 108 valence electrons. The fraction of sp³-hybridized carbons (Fsp3) is 0.692. The van der Waals surface area contributed by atoms with Crippen molar-refractivity contribution in [2.24, 2.45) is 0 Å². The van der Waals surface area contributed by atoms with Gasteiger partial charge in [-0.25, -0.2) is 9.78 Å². The molecule has 0 aromatic carbocycles. The normalized spacial score (nSPS) is 12.5. The molecular formula is C13H23N3O2S. The Bertz CT molecular complexity index is 416. The molecule has 0 saturated heterocycles. The van der Waals surface area contributed by atoms with E-state index in [1.165, 1.54) is 18.4 Å². The van der Waals surface area contributed by atoms with E-state index in [1.807, 2.05) is 6.92 Å². The third kappa shape index (κ3) is 4.47. The Kier molecular flexibility index (Phi) is 6.24. The summed E-state index contributed by atoms with van der Waals surface area (Å²) < 4.78 is 4.73. The van der Waals surface area contributed by atoms with Crippen LogP contribution >= 0.6 is 11.3 Å². The second kappa shape index (κ2) is 7.45. The average Bonchev–Trinajstić information content (AvgIpc) is 2.75. The molecule has 0 fully saturated rings. The lowest BCUT2D eigenvalue weighted by atomic mass is 10.3. The van der Waals surface area contributed by atoms with E-state index < -0.39 is 0 Å². The Morgan fingerprint density at radius 1 is 1.47 bits per heavy atom. The van der Waals surface area contributed by atoms with Gasteiger partial charge in [0.2, 0.25) is 0 Å². The summed E-state index contributed by atoms with van der Waals surface area (Å²) in [7, 11) is 1.39. The predicted octanol–water partition coefficient (Wildman–Crippen LogP) is 2.38.